The zero-order valence-corrected chi connectivity index (χ0v) is 13.6. The minimum Gasteiger partial charge on any atom is -0.394 e. The van der Waals surface area contributed by atoms with E-state index in [0.717, 1.165) is 37.3 Å². The van der Waals surface area contributed by atoms with Crippen LogP contribution in [-0.2, 0) is 13.1 Å². The van der Waals surface area contributed by atoms with Crippen molar-refractivity contribution in [2.45, 2.75) is 38.0 Å². The van der Waals surface area contributed by atoms with E-state index in [1.807, 2.05) is 30.3 Å². The molecule has 0 amide bonds. The van der Waals surface area contributed by atoms with Gasteiger partial charge in [0.1, 0.15) is 5.82 Å². The fourth-order valence-corrected chi connectivity index (χ4v) is 3.13. The summed E-state index contributed by atoms with van der Waals surface area (Å²) in [6.07, 6.45) is 0.894. The monoisotopic (exact) mass is 332 g/mol. The van der Waals surface area contributed by atoms with Crippen LogP contribution in [0.3, 0.4) is 0 Å². The van der Waals surface area contributed by atoms with E-state index in [1.54, 1.807) is 4.57 Å². The number of aliphatic hydroxyl groups is 2. The quantitative estimate of drug-likeness (QED) is 0.688. The fourth-order valence-electron chi connectivity index (χ4n) is 3.13. The topological polar surface area (TPSA) is 92.3 Å². The molecule has 130 valence electrons. The molecule has 0 bridgehead atoms. The Morgan fingerprint density at radius 3 is 2.62 bits per heavy atom. The lowest BCUT2D eigenvalue weighted by Gasteiger charge is -2.22. The number of hydrogen-bond acceptors (Lipinski definition) is 5. The summed E-state index contributed by atoms with van der Waals surface area (Å²) >= 11 is 0. The average molecular weight is 332 g/mol. The van der Waals surface area contributed by atoms with Crippen molar-refractivity contribution in [1.82, 2.24) is 19.7 Å². The van der Waals surface area contributed by atoms with Crippen molar-refractivity contribution in [1.29, 1.82) is 0 Å². The van der Waals surface area contributed by atoms with Crippen molar-refractivity contribution >= 4 is 0 Å². The van der Waals surface area contributed by atoms with Gasteiger partial charge in [-0.3, -0.25) is 4.57 Å². The van der Waals surface area contributed by atoms with Crippen LogP contribution in [0.1, 0.15) is 30.1 Å². The summed E-state index contributed by atoms with van der Waals surface area (Å²) in [7, 11) is 0. The highest BCUT2D eigenvalue weighted by Gasteiger charge is 2.24. The normalized spacial score (nSPS) is 17.1. The summed E-state index contributed by atoms with van der Waals surface area (Å²) in [6.45, 7) is 1.91. The van der Waals surface area contributed by atoms with E-state index in [0.29, 0.717) is 6.54 Å². The molecule has 1 aliphatic heterocycles. The summed E-state index contributed by atoms with van der Waals surface area (Å²) in [5.41, 5.74) is 0.803. The van der Waals surface area contributed by atoms with Crippen molar-refractivity contribution in [2.24, 2.45) is 0 Å². The molecular formula is C17H24N4O3. The van der Waals surface area contributed by atoms with E-state index in [4.69, 9.17) is 5.11 Å². The Morgan fingerprint density at radius 1 is 1.25 bits per heavy atom. The van der Waals surface area contributed by atoms with Crippen LogP contribution in [-0.4, -0.2) is 50.4 Å². The first-order chi connectivity index (χ1) is 11.7. The fraction of sp³-hybridized carbons (Fsp3) is 0.529. The Kier molecular flexibility index (Phi) is 5.44. The number of nitrogens with one attached hydrogen (secondary N) is 1. The Hall–Kier alpha value is -1.96. The van der Waals surface area contributed by atoms with Crippen LogP contribution < -0.4 is 11.0 Å². The van der Waals surface area contributed by atoms with E-state index >= 15 is 0 Å². The first-order valence-electron chi connectivity index (χ1n) is 8.40. The van der Waals surface area contributed by atoms with Gasteiger partial charge in [0, 0.05) is 5.92 Å². The highest BCUT2D eigenvalue weighted by atomic mass is 16.3. The smallest absolute Gasteiger partial charge is 0.346 e. The highest BCUT2D eigenvalue weighted by Crippen LogP contribution is 2.23. The molecule has 1 aromatic carbocycles. The van der Waals surface area contributed by atoms with Crippen LogP contribution in [0.4, 0.5) is 0 Å². The molecule has 3 N–H and O–H groups in total. The third kappa shape index (κ3) is 3.75. The second-order valence-electron chi connectivity index (χ2n) is 6.26. The van der Waals surface area contributed by atoms with Crippen molar-refractivity contribution in [3.63, 3.8) is 0 Å². The second kappa shape index (κ2) is 7.74. The molecule has 1 fully saturated rings. The van der Waals surface area contributed by atoms with E-state index in [-0.39, 0.29) is 24.8 Å². The molecule has 7 nitrogen and oxygen atoms in total. The van der Waals surface area contributed by atoms with Crippen molar-refractivity contribution < 1.29 is 10.2 Å². The van der Waals surface area contributed by atoms with Crippen LogP contribution in [0.2, 0.25) is 0 Å². The zero-order valence-electron chi connectivity index (χ0n) is 13.6. The van der Waals surface area contributed by atoms with Crippen LogP contribution in [0.5, 0.6) is 0 Å². The van der Waals surface area contributed by atoms with Gasteiger partial charge in [-0.25, -0.2) is 9.48 Å². The molecule has 2 aromatic rings. The van der Waals surface area contributed by atoms with Gasteiger partial charge in [0.2, 0.25) is 0 Å². The lowest BCUT2D eigenvalue weighted by Crippen LogP contribution is -2.32. The molecule has 0 saturated carbocycles. The van der Waals surface area contributed by atoms with Gasteiger partial charge < -0.3 is 15.5 Å². The summed E-state index contributed by atoms with van der Waals surface area (Å²) in [4.78, 5) is 12.7. The van der Waals surface area contributed by atoms with Gasteiger partial charge in [-0.1, -0.05) is 30.3 Å². The lowest BCUT2D eigenvalue weighted by atomic mass is 9.97. The number of rotatable bonds is 6. The Morgan fingerprint density at radius 2 is 1.96 bits per heavy atom. The molecular weight excluding hydrogens is 308 g/mol. The Labute approximate surface area is 140 Å². The Bertz CT molecular complexity index is 704. The number of piperidine rings is 1. The van der Waals surface area contributed by atoms with Crippen molar-refractivity contribution in [3.05, 3.63) is 52.2 Å². The van der Waals surface area contributed by atoms with Crippen molar-refractivity contribution in [3.8, 4) is 0 Å². The van der Waals surface area contributed by atoms with Crippen LogP contribution >= 0.6 is 0 Å². The van der Waals surface area contributed by atoms with Gasteiger partial charge in [0.15, 0.2) is 0 Å². The summed E-state index contributed by atoms with van der Waals surface area (Å²) in [6, 6.07) is 9.81. The number of aromatic nitrogens is 3. The molecule has 3 rings (SSSR count). The molecule has 1 aliphatic rings. The minimum atomic E-state index is -0.983. The standard InChI is InChI=1S/C17H24N4O3/c22-12-15(23)11-21-17(24)20(10-13-4-2-1-3-5-13)16(19-21)14-6-8-18-9-7-14/h1-5,14-15,18,22-23H,6-12H2/t15-/m0/s1. The predicted molar refractivity (Wildman–Crippen MR) is 90.0 cm³/mol. The largest absolute Gasteiger partial charge is 0.394 e. The van der Waals surface area contributed by atoms with Gasteiger partial charge in [-0.15, -0.1) is 0 Å². The third-order valence-electron chi connectivity index (χ3n) is 4.43. The average Bonchev–Trinajstić information content (AvgIpc) is 2.93. The summed E-state index contributed by atoms with van der Waals surface area (Å²) in [5.74, 6) is 1.01. The molecule has 1 aromatic heterocycles. The van der Waals surface area contributed by atoms with Gasteiger partial charge in [-0.2, -0.15) is 5.10 Å². The lowest BCUT2D eigenvalue weighted by molar-refractivity contribution is 0.0771. The number of hydrogen-bond donors (Lipinski definition) is 3. The van der Waals surface area contributed by atoms with Crippen LogP contribution in [0.25, 0.3) is 0 Å². The summed E-state index contributed by atoms with van der Waals surface area (Å²) in [5, 5.41) is 26.5. The molecule has 1 atom stereocenters. The van der Waals surface area contributed by atoms with Crippen molar-refractivity contribution in [2.75, 3.05) is 19.7 Å². The highest BCUT2D eigenvalue weighted by molar-refractivity contribution is 5.16. The zero-order chi connectivity index (χ0) is 16.9. The van der Waals surface area contributed by atoms with Gasteiger partial charge in [0.05, 0.1) is 25.8 Å². The summed E-state index contributed by atoms with van der Waals surface area (Å²) < 4.78 is 2.98. The molecule has 0 aliphatic carbocycles. The maximum absolute atomic E-state index is 12.7. The molecule has 2 heterocycles. The first kappa shape index (κ1) is 16.9. The molecule has 0 radical (unpaired) electrons. The van der Waals surface area contributed by atoms with Gasteiger partial charge in [-0.05, 0) is 31.5 Å². The Balaban J connectivity index is 1.95. The maximum Gasteiger partial charge on any atom is 0.346 e. The SMILES string of the molecule is O=c1n(C[C@H](O)CO)nc(C2CCNCC2)n1Cc1ccccc1. The molecule has 0 unspecified atom stereocenters. The minimum absolute atomic E-state index is 0.00902. The van der Waals surface area contributed by atoms with Gasteiger partial charge in [0.25, 0.3) is 0 Å². The maximum atomic E-state index is 12.7. The number of benzene rings is 1. The molecule has 0 spiro atoms. The second-order valence-corrected chi connectivity index (χ2v) is 6.26. The third-order valence-corrected chi connectivity index (χ3v) is 4.43. The van der Waals surface area contributed by atoms with Crippen LogP contribution in [0.15, 0.2) is 35.1 Å². The first-order valence-corrected chi connectivity index (χ1v) is 8.40. The predicted octanol–water partition coefficient (Wildman–Crippen LogP) is -0.0867. The molecule has 1 saturated heterocycles. The molecule has 24 heavy (non-hydrogen) atoms. The van der Waals surface area contributed by atoms with E-state index in [1.165, 1.54) is 4.68 Å². The van der Waals surface area contributed by atoms with Gasteiger partial charge >= 0.3 is 5.69 Å². The molecule has 7 heteroatoms. The van der Waals surface area contributed by atoms with E-state index in [2.05, 4.69) is 10.4 Å². The number of aliphatic hydroxyl groups excluding tert-OH is 2. The van der Waals surface area contributed by atoms with Crippen LogP contribution in [0, 0.1) is 0 Å². The van der Waals surface area contributed by atoms with E-state index in [9.17, 15) is 9.90 Å². The van der Waals surface area contributed by atoms with E-state index < -0.39 is 6.10 Å². The number of nitrogens with zero attached hydrogens (tertiary/aromatic N) is 3.